The number of carbonyl (C=O) groups is 1. The molecule has 1 atom stereocenters. The van der Waals surface area contributed by atoms with Crippen molar-refractivity contribution in [3.63, 3.8) is 0 Å². The molecule has 1 fully saturated rings. The predicted molar refractivity (Wildman–Crippen MR) is 81.5 cm³/mol. The number of para-hydroxylation sites is 1. The van der Waals surface area contributed by atoms with Crippen molar-refractivity contribution in [2.75, 3.05) is 5.32 Å². The van der Waals surface area contributed by atoms with E-state index in [9.17, 15) is 4.79 Å². The van der Waals surface area contributed by atoms with E-state index in [0.29, 0.717) is 21.9 Å². The molecule has 1 N–H and O–H groups in total. The molecule has 0 bridgehead atoms. The lowest BCUT2D eigenvalue weighted by Gasteiger charge is -2.12. The number of amides is 1. The van der Waals surface area contributed by atoms with Gasteiger partial charge in [0.25, 0.3) is 0 Å². The van der Waals surface area contributed by atoms with Crippen LogP contribution in [0.5, 0.6) is 0 Å². The molecule has 3 rings (SSSR count). The lowest BCUT2D eigenvalue weighted by Crippen LogP contribution is -2.23. The van der Waals surface area contributed by atoms with Crippen LogP contribution in [-0.4, -0.2) is 31.4 Å². The highest BCUT2D eigenvalue weighted by molar-refractivity contribution is 8.00. The highest BCUT2D eigenvalue weighted by atomic mass is 35.5. The summed E-state index contributed by atoms with van der Waals surface area (Å²) in [5.74, 6) is -0.126. The maximum atomic E-state index is 12.2. The first-order valence-electron chi connectivity index (χ1n) is 6.65. The van der Waals surface area contributed by atoms with Crippen molar-refractivity contribution in [1.29, 1.82) is 0 Å². The van der Waals surface area contributed by atoms with E-state index in [4.69, 9.17) is 11.6 Å². The lowest BCUT2D eigenvalue weighted by atomic mass is 10.3. The summed E-state index contributed by atoms with van der Waals surface area (Å²) in [6.45, 7) is 1.82. The van der Waals surface area contributed by atoms with E-state index >= 15 is 0 Å². The van der Waals surface area contributed by atoms with Crippen molar-refractivity contribution >= 4 is 35.0 Å². The molecule has 1 unspecified atom stereocenters. The van der Waals surface area contributed by atoms with Gasteiger partial charge in [-0.15, -0.1) is 5.10 Å². The quantitative estimate of drug-likeness (QED) is 0.856. The largest absolute Gasteiger partial charge is 0.324 e. The number of tetrazole rings is 1. The van der Waals surface area contributed by atoms with E-state index in [0.717, 1.165) is 12.8 Å². The summed E-state index contributed by atoms with van der Waals surface area (Å²) >= 11 is 7.38. The summed E-state index contributed by atoms with van der Waals surface area (Å²) in [6.07, 6.45) is 2.19. The summed E-state index contributed by atoms with van der Waals surface area (Å²) in [4.78, 5) is 12.2. The van der Waals surface area contributed by atoms with Crippen LogP contribution in [0.1, 0.15) is 25.8 Å². The van der Waals surface area contributed by atoms with Gasteiger partial charge in [0, 0.05) is 0 Å². The van der Waals surface area contributed by atoms with Gasteiger partial charge in [-0.2, -0.15) is 0 Å². The number of thioether (sulfide) groups is 1. The van der Waals surface area contributed by atoms with Crippen molar-refractivity contribution < 1.29 is 4.79 Å². The van der Waals surface area contributed by atoms with Gasteiger partial charge >= 0.3 is 0 Å². The Hall–Kier alpha value is -1.60. The van der Waals surface area contributed by atoms with E-state index in [1.807, 2.05) is 19.1 Å². The Morgan fingerprint density at radius 3 is 2.95 bits per heavy atom. The number of aromatic nitrogens is 4. The summed E-state index contributed by atoms with van der Waals surface area (Å²) in [6, 6.07) is 7.54. The van der Waals surface area contributed by atoms with E-state index < -0.39 is 0 Å². The zero-order chi connectivity index (χ0) is 14.8. The molecule has 0 spiro atoms. The normalized spacial score (nSPS) is 15.7. The standard InChI is InChI=1S/C13H14ClN5OS/c1-8(12(20)15-11-5-3-2-4-10(11)14)21-13-16-17-18-19(13)9-6-7-9/h2-5,8-9H,6-7H2,1H3,(H,15,20). The molecule has 1 heterocycles. The second-order valence-electron chi connectivity index (χ2n) is 4.87. The molecule has 1 aromatic heterocycles. The maximum Gasteiger partial charge on any atom is 0.237 e. The van der Waals surface area contributed by atoms with Crippen LogP contribution in [0.3, 0.4) is 0 Å². The molecule has 1 saturated carbocycles. The van der Waals surface area contributed by atoms with Crippen LogP contribution in [-0.2, 0) is 4.79 Å². The average molecular weight is 324 g/mol. The Labute approximate surface area is 131 Å². The Balaban J connectivity index is 1.64. The van der Waals surface area contributed by atoms with Gasteiger partial charge < -0.3 is 5.32 Å². The summed E-state index contributed by atoms with van der Waals surface area (Å²) < 4.78 is 1.80. The molecule has 6 nitrogen and oxygen atoms in total. The number of rotatable bonds is 5. The second-order valence-corrected chi connectivity index (χ2v) is 6.58. The van der Waals surface area contributed by atoms with Gasteiger partial charge in [-0.1, -0.05) is 35.5 Å². The molecule has 1 aromatic carbocycles. The lowest BCUT2D eigenvalue weighted by molar-refractivity contribution is -0.115. The van der Waals surface area contributed by atoms with Gasteiger partial charge in [-0.3, -0.25) is 4.79 Å². The minimum absolute atomic E-state index is 0.126. The van der Waals surface area contributed by atoms with E-state index in [1.165, 1.54) is 11.8 Å². The molecule has 110 valence electrons. The van der Waals surface area contributed by atoms with Crippen LogP contribution in [0.15, 0.2) is 29.4 Å². The van der Waals surface area contributed by atoms with Crippen molar-refractivity contribution in [2.45, 2.75) is 36.2 Å². The molecule has 21 heavy (non-hydrogen) atoms. The molecule has 1 aliphatic carbocycles. The van der Waals surface area contributed by atoms with Crippen molar-refractivity contribution in [2.24, 2.45) is 0 Å². The van der Waals surface area contributed by atoms with Gasteiger partial charge in [0.05, 0.1) is 22.0 Å². The molecule has 1 amide bonds. The molecular weight excluding hydrogens is 310 g/mol. The number of nitrogens with zero attached hydrogens (tertiary/aromatic N) is 4. The number of hydrogen-bond acceptors (Lipinski definition) is 5. The summed E-state index contributed by atoms with van der Waals surface area (Å²) in [7, 11) is 0. The van der Waals surface area contributed by atoms with Crippen molar-refractivity contribution in [3.8, 4) is 0 Å². The summed E-state index contributed by atoms with van der Waals surface area (Å²) in [5, 5.41) is 15.3. The zero-order valence-corrected chi connectivity index (χ0v) is 12.9. The molecule has 0 saturated heterocycles. The minimum atomic E-state index is -0.315. The Morgan fingerprint density at radius 2 is 2.24 bits per heavy atom. The first kappa shape index (κ1) is 14.3. The molecular formula is C13H14ClN5OS. The molecule has 0 aliphatic heterocycles. The monoisotopic (exact) mass is 323 g/mol. The van der Waals surface area contributed by atoms with Crippen LogP contribution < -0.4 is 5.32 Å². The zero-order valence-electron chi connectivity index (χ0n) is 11.4. The fourth-order valence-corrected chi connectivity index (χ4v) is 2.86. The number of benzene rings is 1. The van der Waals surface area contributed by atoms with Gasteiger partial charge in [0.2, 0.25) is 11.1 Å². The maximum absolute atomic E-state index is 12.2. The van der Waals surface area contributed by atoms with Crippen molar-refractivity contribution in [1.82, 2.24) is 20.2 Å². The fraction of sp³-hybridized carbons (Fsp3) is 0.385. The number of nitrogens with one attached hydrogen (secondary N) is 1. The summed E-state index contributed by atoms with van der Waals surface area (Å²) in [5.41, 5.74) is 0.610. The van der Waals surface area contributed by atoms with Crippen LogP contribution >= 0.6 is 23.4 Å². The smallest absolute Gasteiger partial charge is 0.237 e. The predicted octanol–water partition coefficient (Wildman–Crippen LogP) is 2.78. The third-order valence-electron chi connectivity index (χ3n) is 3.14. The van der Waals surface area contributed by atoms with E-state index in [-0.39, 0.29) is 11.2 Å². The Bertz CT molecular complexity index is 658. The first-order chi connectivity index (χ1) is 10.1. The Morgan fingerprint density at radius 1 is 1.48 bits per heavy atom. The second kappa shape index (κ2) is 6.03. The third-order valence-corrected chi connectivity index (χ3v) is 4.52. The SMILES string of the molecule is CC(Sc1nnnn1C1CC1)C(=O)Nc1ccccc1Cl. The van der Waals surface area contributed by atoms with Crippen LogP contribution in [0.2, 0.25) is 5.02 Å². The van der Waals surface area contributed by atoms with Gasteiger partial charge in [-0.25, -0.2) is 4.68 Å². The number of hydrogen-bond donors (Lipinski definition) is 1. The topological polar surface area (TPSA) is 72.7 Å². The molecule has 8 heteroatoms. The molecule has 1 aliphatic rings. The molecule has 2 aromatic rings. The first-order valence-corrected chi connectivity index (χ1v) is 7.91. The van der Waals surface area contributed by atoms with Crippen LogP contribution in [0.4, 0.5) is 5.69 Å². The third kappa shape index (κ3) is 3.36. The Kier molecular flexibility index (Phi) is 4.12. The van der Waals surface area contributed by atoms with E-state index in [1.54, 1.807) is 16.8 Å². The van der Waals surface area contributed by atoms with E-state index in [2.05, 4.69) is 20.8 Å². The van der Waals surface area contributed by atoms with Gasteiger partial charge in [0.15, 0.2) is 0 Å². The van der Waals surface area contributed by atoms with Crippen molar-refractivity contribution in [3.05, 3.63) is 29.3 Å². The van der Waals surface area contributed by atoms with Crippen LogP contribution in [0, 0.1) is 0 Å². The minimum Gasteiger partial charge on any atom is -0.324 e. The van der Waals surface area contributed by atoms with Crippen LogP contribution in [0.25, 0.3) is 0 Å². The highest BCUT2D eigenvalue weighted by Crippen LogP contribution is 2.37. The van der Waals surface area contributed by atoms with Gasteiger partial charge in [0.1, 0.15) is 0 Å². The average Bonchev–Trinajstić information content (AvgIpc) is 3.21. The van der Waals surface area contributed by atoms with Gasteiger partial charge in [-0.05, 0) is 42.3 Å². The number of carbonyl (C=O) groups excluding carboxylic acids is 1. The molecule has 0 radical (unpaired) electrons. The number of halogens is 1. The fourth-order valence-electron chi connectivity index (χ4n) is 1.82. The number of anilines is 1. The highest BCUT2D eigenvalue weighted by Gasteiger charge is 2.29.